The van der Waals surface area contributed by atoms with E-state index in [4.69, 9.17) is 19.0 Å². The number of hydrogen-bond donors (Lipinski definition) is 0. The van der Waals surface area contributed by atoms with Gasteiger partial charge in [0.25, 0.3) is 0 Å². The number of likely N-dealkylation sites (tertiary alicyclic amines) is 1. The Morgan fingerprint density at radius 1 is 1.09 bits per heavy atom. The maximum atomic E-state index is 13.3. The lowest BCUT2D eigenvalue weighted by atomic mass is 9.86. The minimum absolute atomic E-state index is 0.0960. The molecule has 34 heavy (non-hydrogen) atoms. The molecule has 1 fully saturated rings. The van der Waals surface area contributed by atoms with E-state index in [0.29, 0.717) is 31.7 Å². The van der Waals surface area contributed by atoms with E-state index < -0.39 is 11.5 Å². The van der Waals surface area contributed by atoms with Gasteiger partial charge in [-0.25, -0.2) is 9.86 Å². The molecule has 1 aliphatic heterocycles. The minimum Gasteiger partial charge on any atom is -0.496 e. The van der Waals surface area contributed by atoms with E-state index in [1.54, 1.807) is 25.6 Å². The van der Waals surface area contributed by atoms with Crippen LogP contribution in [0.2, 0.25) is 0 Å². The number of hydroxylamine groups is 2. The first-order chi connectivity index (χ1) is 16.5. The Labute approximate surface area is 205 Å². The molecule has 1 amide bonds. The second-order valence-corrected chi connectivity index (χ2v) is 9.26. The largest absolute Gasteiger partial charge is 0.496 e. The zero-order valence-corrected chi connectivity index (χ0v) is 21.0. The number of ether oxygens (including phenoxy) is 3. The number of para-hydroxylation sites is 1. The predicted molar refractivity (Wildman–Crippen MR) is 130 cm³/mol. The highest BCUT2D eigenvalue weighted by Gasteiger charge is 2.50. The van der Waals surface area contributed by atoms with Crippen molar-refractivity contribution in [2.75, 3.05) is 47.1 Å². The van der Waals surface area contributed by atoms with Crippen molar-refractivity contribution in [2.45, 2.75) is 38.3 Å². The highest BCUT2D eigenvalue weighted by molar-refractivity contribution is 7.09. The van der Waals surface area contributed by atoms with Crippen LogP contribution in [0.4, 0.5) is 0 Å². The van der Waals surface area contributed by atoms with E-state index in [0.717, 1.165) is 18.5 Å². The molecule has 0 spiro atoms. The third kappa shape index (κ3) is 6.56. The van der Waals surface area contributed by atoms with Gasteiger partial charge in [-0.15, -0.1) is 11.3 Å². The van der Waals surface area contributed by atoms with Crippen LogP contribution in [0, 0.1) is 0 Å². The third-order valence-electron chi connectivity index (χ3n) is 6.05. The highest BCUT2D eigenvalue weighted by Crippen LogP contribution is 2.33. The molecule has 0 radical (unpaired) electrons. The number of hydrogen-bond acceptors (Lipinski definition) is 8. The normalized spacial score (nSPS) is 15.6. The molecule has 8 nitrogen and oxygen atoms in total. The van der Waals surface area contributed by atoms with E-state index >= 15 is 0 Å². The Morgan fingerprint density at radius 3 is 2.50 bits per heavy atom. The van der Waals surface area contributed by atoms with E-state index in [1.807, 2.05) is 24.3 Å². The van der Waals surface area contributed by atoms with Gasteiger partial charge in [0.05, 0.1) is 13.7 Å². The molecule has 0 aliphatic carbocycles. The summed E-state index contributed by atoms with van der Waals surface area (Å²) in [6.07, 6.45) is 1.81. The Morgan fingerprint density at radius 2 is 1.85 bits per heavy atom. The summed E-state index contributed by atoms with van der Waals surface area (Å²) in [4.78, 5) is 35.7. The molecule has 1 aromatic heterocycles. The second-order valence-electron chi connectivity index (χ2n) is 8.23. The monoisotopic (exact) mass is 490 g/mol. The quantitative estimate of drug-likeness (QED) is 0.257. The zero-order valence-electron chi connectivity index (χ0n) is 20.2. The lowest BCUT2D eigenvalue weighted by molar-refractivity contribution is -0.241. The Hall–Kier alpha value is -2.46. The number of carbonyl (C=O) groups is 2. The average Bonchev–Trinajstić information content (AvgIpc) is 3.37. The topological polar surface area (TPSA) is 77.5 Å². The molecule has 9 heteroatoms. The van der Waals surface area contributed by atoms with Gasteiger partial charge in [-0.3, -0.25) is 9.63 Å². The first-order valence-corrected chi connectivity index (χ1v) is 12.3. The van der Waals surface area contributed by atoms with Crippen molar-refractivity contribution < 1.29 is 28.6 Å². The molecular formula is C25H34N2O6S. The summed E-state index contributed by atoms with van der Waals surface area (Å²) in [5.74, 6) is -0.144. The molecule has 1 aromatic carbocycles. The molecule has 0 unspecified atom stereocenters. The lowest BCUT2D eigenvalue weighted by Gasteiger charge is -2.45. The summed E-state index contributed by atoms with van der Waals surface area (Å²) in [7, 11) is 3.13. The number of rotatable bonds is 12. The molecule has 0 bridgehead atoms. The molecule has 0 atom stereocenters. The van der Waals surface area contributed by atoms with Gasteiger partial charge in [0, 0.05) is 44.1 Å². The molecular weight excluding hydrogens is 456 g/mol. The van der Waals surface area contributed by atoms with Crippen LogP contribution in [-0.2, 0) is 36.9 Å². The summed E-state index contributed by atoms with van der Waals surface area (Å²) in [5.41, 5.74) is -0.409. The Kier molecular flexibility index (Phi) is 9.88. The van der Waals surface area contributed by atoms with Gasteiger partial charge in [-0.2, -0.15) is 0 Å². The molecule has 3 rings (SSSR count). The van der Waals surface area contributed by atoms with E-state index in [-0.39, 0.29) is 25.7 Å². The van der Waals surface area contributed by atoms with Gasteiger partial charge < -0.3 is 19.1 Å². The summed E-state index contributed by atoms with van der Waals surface area (Å²) in [5, 5.41) is 3.31. The first-order valence-electron chi connectivity index (χ1n) is 11.5. The van der Waals surface area contributed by atoms with E-state index in [2.05, 4.69) is 22.4 Å². The molecule has 2 heterocycles. The van der Waals surface area contributed by atoms with Crippen molar-refractivity contribution in [3.05, 3.63) is 52.2 Å². The summed E-state index contributed by atoms with van der Waals surface area (Å²) in [6, 6.07) is 11.6. The minimum atomic E-state index is -1.19. The summed E-state index contributed by atoms with van der Waals surface area (Å²) >= 11 is 1.75. The van der Waals surface area contributed by atoms with Gasteiger partial charge >= 0.3 is 5.97 Å². The standard InChI is InChI=1S/C25H34N2O6S/c1-20(28)27(33-19-21-7-4-5-9-23(21)31-3)25(24(29)32-17-16-30-2)11-14-26(15-12-25)13-10-22-8-6-18-34-22/h4-9,18H,10-17,19H2,1-3H3. The van der Waals surface area contributed by atoms with Crippen molar-refractivity contribution in [3.8, 4) is 5.75 Å². The number of piperidine rings is 1. The van der Waals surface area contributed by atoms with E-state index in [9.17, 15) is 9.59 Å². The lowest BCUT2D eigenvalue weighted by Crippen LogP contribution is -2.62. The van der Waals surface area contributed by atoms with Crippen molar-refractivity contribution in [1.82, 2.24) is 9.96 Å². The molecule has 0 saturated carbocycles. The molecule has 1 saturated heterocycles. The summed E-state index contributed by atoms with van der Waals surface area (Å²) in [6.45, 7) is 4.14. The number of carbonyl (C=O) groups excluding carboxylic acids is 2. The Bertz CT molecular complexity index is 912. The fraction of sp³-hybridized carbons (Fsp3) is 0.520. The number of benzene rings is 1. The molecule has 0 N–H and O–H groups in total. The van der Waals surface area contributed by atoms with Crippen molar-refractivity contribution in [3.63, 3.8) is 0 Å². The van der Waals surface area contributed by atoms with Crippen molar-refractivity contribution in [1.29, 1.82) is 0 Å². The fourth-order valence-corrected chi connectivity index (χ4v) is 4.88. The number of thiophene rings is 1. The molecule has 186 valence electrons. The van der Waals surface area contributed by atoms with Crippen LogP contribution in [0.3, 0.4) is 0 Å². The SMILES string of the molecule is COCCOC(=O)C1(N(OCc2ccccc2OC)C(C)=O)CCN(CCc2cccs2)CC1. The van der Waals surface area contributed by atoms with Crippen molar-refractivity contribution in [2.24, 2.45) is 0 Å². The maximum Gasteiger partial charge on any atom is 0.334 e. The first kappa shape index (κ1) is 26.2. The van der Waals surface area contributed by atoms with Crippen LogP contribution in [0.1, 0.15) is 30.2 Å². The second kappa shape index (κ2) is 12.9. The fourth-order valence-electron chi connectivity index (χ4n) is 4.18. The van der Waals surface area contributed by atoms with Crippen LogP contribution in [0.25, 0.3) is 0 Å². The zero-order chi connectivity index (χ0) is 24.4. The predicted octanol–water partition coefficient (Wildman–Crippen LogP) is 3.30. The van der Waals surface area contributed by atoms with Crippen LogP contribution in [0.15, 0.2) is 41.8 Å². The molecule has 2 aromatic rings. The van der Waals surface area contributed by atoms with Gasteiger partial charge in [-0.05, 0) is 36.8 Å². The number of esters is 1. The third-order valence-corrected chi connectivity index (χ3v) is 6.99. The van der Waals surface area contributed by atoms with Crippen molar-refractivity contribution >= 4 is 23.2 Å². The van der Waals surface area contributed by atoms with Gasteiger partial charge in [0.2, 0.25) is 5.91 Å². The number of methoxy groups -OCH3 is 2. The van der Waals surface area contributed by atoms with Crippen LogP contribution in [0.5, 0.6) is 5.75 Å². The van der Waals surface area contributed by atoms with E-state index in [1.165, 1.54) is 16.9 Å². The van der Waals surface area contributed by atoms with Crippen LogP contribution < -0.4 is 4.74 Å². The van der Waals surface area contributed by atoms with Gasteiger partial charge in [-0.1, -0.05) is 24.3 Å². The number of nitrogens with zero attached hydrogens (tertiary/aromatic N) is 2. The molecule has 1 aliphatic rings. The maximum absolute atomic E-state index is 13.3. The van der Waals surface area contributed by atoms with Gasteiger partial charge in [0.15, 0.2) is 5.54 Å². The van der Waals surface area contributed by atoms with Crippen LogP contribution in [-0.4, -0.2) is 74.4 Å². The smallest absolute Gasteiger partial charge is 0.334 e. The van der Waals surface area contributed by atoms with Gasteiger partial charge in [0.1, 0.15) is 19.0 Å². The highest BCUT2D eigenvalue weighted by atomic mass is 32.1. The number of amides is 1. The average molecular weight is 491 g/mol. The Balaban J connectivity index is 1.74. The summed E-state index contributed by atoms with van der Waals surface area (Å²) < 4.78 is 16.0. The van der Waals surface area contributed by atoms with Crippen LogP contribution >= 0.6 is 11.3 Å².